The van der Waals surface area contributed by atoms with Gasteiger partial charge in [0.05, 0.1) is 18.9 Å². The molecule has 2 aliphatic heterocycles. The maximum absolute atomic E-state index is 13.0. The molecule has 2 saturated heterocycles. The molecule has 0 aromatic carbocycles. The van der Waals surface area contributed by atoms with Crippen LogP contribution in [-0.4, -0.2) is 55.0 Å². The third-order valence-electron chi connectivity index (χ3n) is 6.69. The van der Waals surface area contributed by atoms with Crippen molar-refractivity contribution in [3.63, 3.8) is 0 Å². The number of alkyl halides is 3. The van der Waals surface area contributed by atoms with Crippen molar-refractivity contribution >= 4 is 5.91 Å². The van der Waals surface area contributed by atoms with E-state index in [1.54, 1.807) is 0 Å². The van der Waals surface area contributed by atoms with Crippen LogP contribution in [0.4, 0.5) is 13.2 Å². The molecule has 3 aliphatic rings. The molecule has 3 rings (SSSR count). The highest BCUT2D eigenvalue weighted by Gasteiger charge is 2.43. The van der Waals surface area contributed by atoms with Crippen molar-refractivity contribution < 1.29 is 18.0 Å². The smallest absolute Gasteiger partial charge is 0.352 e. The minimum absolute atomic E-state index is 0.0504. The summed E-state index contributed by atoms with van der Waals surface area (Å²) in [6, 6.07) is -2.24. The van der Waals surface area contributed by atoms with E-state index in [1.165, 1.54) is 0 Å². The van der Waals surface area contributed by atoms with E-state index in [2.05, 4.69) is 40.4 Å². The number of hydrogen-bond donors (Lipinski definition) is 4. The second-order valence-corrected chi connectivity index (χ2v) is 8.84. The van der Waals surface area contributed by atoms with Crippen molar-refractivity contribution in [1.29, 1.82) is 0 Å². The Bertz CT molecular complexity index is 532. The van der Waals surface area contributed by atoms with E-state index in [0.29, 0.717) is 30.8 Å². The molecular weight excluding hydrogens is 371 g/mol. The summed E-state index contributed by atoms with van der Waals surface area (Å²) >= 11 is 0. The van der Waals surface area contributed by atoms with Crippen LogP contribution in [-0.2, 0) is 4.79 Å². The van der Waals surface area contributed by atoms with E-state index in [9.17, 15) is 18.0 Å². The molecule has 2 heterocycles. The minimum Gasteiger partial charge on any atom is -0.352 e. The van der Waals surface area contributed by atoms with Crippen molar-refractivity contribution in [2.45, 2.75) is 88.8 Å². The van der Waals surface area contributed by atoms with Crippen molar-refractivity contribution in [3.05, 3.63) is 0 Å². The molecule has 6 atom stereocenters. The van der Waals surface area contributed by atoms with E-state index in [4.69, 9.17) is 0 Å². The molecule has 5 unspecified atom stereocenters. The fourth-order valence-electron chi connectivity index (χ4n) is 4.87. The summed E-state index contributed by atoms with van der Waals surface area (Å²) in [5, 5.41) is 5.55. The number of nitrogens with zero attached hydrogens (tertiary/aromatic N) is 1. The number of nitrogens with one attached hydrogen (secondary N) is 4. The molecule has 162 valence electrons. The Morgan fingerprint density at radius 3 is 2.64 bits per heavy atom. The average Bonchev–Trinajstić information content (AvgIpc) is 3.06. The van der Waals surface area contributed by atoms with Crippen LogP contribution in [0.15, 0.2) is 0 Å². The van der Waals surface area contributed by atoms with Crippen LogP contribution in [0.5, 0.6) is 0 Å². The zero-order valence-corrected chi connectivity index (χ0v) is 16.8. The molecule has 0 aromatic rings. The van der Waals surface area contributed by atoms with Crippen LogP contribution in [0.2, 0.25) is 0 Å². The van der Waals surface area contributed by atoms with Gasteiger partial charge in [0, 0.05) is 6.04 Å². The number of rotatable bonds is 5. The maximum atomic E-state index is 13.0. The number of piperidine rings is 1. The first-order chi connectivity index (χ1) is 13.2. The lowest BCUT2D eigenvalue weighted by Gasteiger charge is -2.36. The first kappa shape index (κ1) is 21.8. The molecule has 9 heteroatoms. The van der Waals surface area contributed by atoms with Gasteiger partial charge in [0.2, 0.25) is 5.91 Å². The third kappa shape index (κ3) is 5.58. The zero-order chi connectivity index (χ0) is 20.3. The van der Waals surface area contributed by atoms with Crippen molar-refractivity contribution in [3.8, 4) is 0 Å². The predicted octanol–water partition coefficient (Wildman–Crippen LogP) is 2.08. The Kier molecular flexibility index (Phi) is 7.22. The number of amides is 1. The van der Waals surface area contributed by atoms with E-state index in [1.807, 2.05) is 0 Å². The standard InChI is InChI=1S/C19H34F3N5O/c1-12(9-17-26-23-11-27(17)2)13-5-3-6-14(10-13)24-18(28)15-7-4-8-16(25-15)19(20,21)22/h12-17,23,25-26H,3-11H2,1-2H3,(H,24,28)/t12-,13?,14?,15?,16?,17?/m0/s1. The van der Waals surface area contributed by atoms with E-state index in [0.717, 1.165) is 38.8 Å². The Labute approximate surface area is 165 Å². The first-order valence-electron chi connectivity index (χ1n) is 10.6. The van der Waals surface area contributed by atoms with Gasteiger partial charge in [0.15, 0.2) is 0 Å². The molecular formula is C19H34F3N5O. The lowest BCUT2D eigenvalue weighted by Crippen LogP contribution is -2.57. The maximum Gasteiger partial charge on any atom is 0.403 e. The van der Waals surface area contributed by atoms with Gasteiger partial charge >= 0.3 is 6.18 Å². The number of hydrazine groups is 1. The Hall–Kier alpha value is -0.900. The van der Waals surface area contributed by atoms with Crippen LogP contribution in [0.1, 0.15) is 58.3 Å². The van der Waals surface area contributed by atoms with Gasteiger partial charge in [-0.1, -0.05) is 19.8 Å². The van der Waals surface area contributed by atoms with Gasteiger partial charge in [-0.2, -0.15) is 13.2 Å². The SMILES string of the molecule is C[C@@H](CC1NNCN1C)C1CCCC(NC(=O)C2CCCC(C(F)(F)F)N2)C1. The number of halogens is 3. The molecule has 1 aliphatic carbocycles. The number of carbonyl (C=O) groups is 1. The molecule has 1 amide bonds. The molecule has 28 heavy (non-hydrogen) atoms. The minimum atomic E-state index is -4.29. The molecule has 0 bridgehead atoms. The van der Waals surface area contributed by atoms with Crippen LogP contribution >= 0.6 is 0 Å². The van der Waals surface area contributed by atoms with Gasteiger partial charge < -0.3 is 5.32 Å². The quantitative estimate of drug-likeness (QED) is 0.564. The lowest BCUT2D eigenvalue weighted by molar-refractivity contribution is -0.164. The Morgan fingerprint density at radius 1 is 1.21 bits per heavy atom. The van der Waals surface area contributed by atoms with Gasteiger partial charge in [-0.15, -0.1) is 0 Å². The lowest BCUT2D eigenvalue weighted by atomic mass is 9.77. The summed E-state index contributed by atoms with van der Waals surface area (Å²) in [5.41, 5.74) is 6.43. The number of carbonyl (C=O) groups excluding carboxylic acids is 1. The van der Waals surface area contributed by atoms with Crippen molar-refractivity contribution in [2.24, 2.45) is 11.8 Å². The normalized spacial score (nSPS) is 36.2. The summed E-state index contributed by atoms with van der Waals surface area (Å²) in [4.78, 5) is 14.8. The number of hydrogen-bond acceptors (Lipinski definition) is 5. The van der Waals surface area contributed by atoms with Gasteiger partial charge in [0.25, 0.3) is 0 Å². The molecule has 3 fully saturated rings. The fraction of sp³-hybridized carbons (Fsp3) is 0.947. The fourth-order valence-corrected chi connectivity index (χ4v) is 4.87. The van der Waals surface area contributed by atoms with E-state index >= 15 is 0 Å². The van der Waals surface area contributed by atoms with Gasteiger partial charge in [-0.25, -0.2) is 10.9 Å². The highest BCUT2D eigenvalue weighted by atomic mass is 19.4. The molecule has 0 aromatic heterocycles. The van der Waals surface area contributed by atoms with Gasteiger partial charge in [0.1, 0.15) is 6.04 Å². The van der Waals surface area contributed by atoms with Crippen LogP contribution in [0.25, 0.3) is 0 Å². The van der Waals surface area contributed by atoms with Gasteiger partial charge in [-0.05, 0) is 57.4 Å². The van der Waals surface area contributed by atoms with Crippen LogP contribution < -0.4 is 21.5 Å². The second kappa shape index (κ2) is 9.28. The monoisotopic (exact) mass is 405 g/mol. The second-order valence-electron chi connectivity index (χ2n) is 8.84. The zero-order valence-electron chi connectivity index (χ0n) is 16.8. The summed E-state index contributed by atoms with van der Waals surface area (Å²) in [5.74, 6) is 0.771. The Balaban J connectivity index is 1.48. The summed E-state index contributed by atoms with van der Waals surface area (Å²) in [7, 11) is 2.08. The van der Waals surface area contributed by atoms with Crippen LogP contribution in [0, 0.1) is 11.8 Å². The summed E-state index contributed by atoms with van der Waals surface area (Å²) in [6.45, 7) is 3.09. The molecule has 0 radical (unpaired) electrons. The largest absolute Gasteiger partial charge is 0.403 e. The first-order valence-corrected chi connectivity index (χ1v) is 10.6. The molecule has 6 nitrogen and oxygen atoms in total. The van der Waals surface area contributed by atoms with E-state index < -0.39 is 18.3 Å². The van der Waals surface area contributed by atoms with Crippen molar-refractivity contribution in [1.82, 2.24) is 26.4 Å². The molecule has 4 N–H and O–H groups in total. The highest BCUT2D eigenvalue weighted by molar-refractivity contribution is 5.82. The van der Waals surface area contributed by atoms with Crippen molar-refractivity contribution in [2.75, 3.05) is 13.7 Å². The molecule has 0 spiro atoms. The summed E-state index contributed by atoms with van der Waals surface area (Å²) in [6.07, 6.45) is 2.02. The molecule has 1 saturated carbocycles. The topological polar surface area (TPSA) is 68.4 Å². The predicted molar refractivity (Wildman–Crippen MR) is 101 cm³/mol. The third-order valence-corrected chi connectivity index (χ3v) is 6.69. The van der Waals surface area contributed by atoms with Crippen LogP contribution in [0.3, 0.4) is 0 Å². The highest BCUT2D eigenvalue weighted by Crippen LogP contribution is 2.33. The van der Waals surface area contributed by atoms with E-state index in [-0.39, 0.29) is 18.4 Å². The Morgan fingerprint density at radius 2 is 1.96 bits per heavy atom. The van der Waals surface area contributed by atoms with Gasteiger partial charge in [-0.3, -0.25) is 15.0 Å². The summed E-state index contributed by atoms with van der Waals surface area (Å²) < 4.78 is 38.9. The average molecular weight is 406 g/mol.